The number of nitrogen functional groups attached to an aromatic ring is 1. The molecule has 1 heterocycles. The maximum Gasteiger partial charge on any atom is 0.231 e. The molecule has 1 fully saturated rings. The van der Waals surface area contributed by atoms with Crippen LogP contribution in [0.2, 0.25) is 0 Å². The number of aromatic nitrogens is 3. The Morgan fingerprint density at radius 2 is 2.00 bits per heavy atom. The van der Waals surface area contributed by atoms with Gasteiger partial charge >= 0.3 is 0 Å². The smallest absolute Gasteiger partial charge is 0.231 e. The predicted molar refractivity (Wildman–Crippen MR) is 86.4 cm³/mol. The van der Waals surface area contributed by atoms with Crippen molar-refractivity contribution in [3.8, 4) is 0 Å². The lowest BCUT2D eigenvalue weighted by Gasteiger charge is -2.20. The summed E-state index contributed by atoms with van der Waals surface area (Å²) < 4.78 is 0. The number of hydrogen-bond donors (Lipinski definition) is 2. The molecule has 1 aromatic heterocycles. The zero-order valence-electron chi connectivity index (χ0n) is 12.5. The molecule has 0 bridgehead atoms. The maximum absolute atomic E-state index is 5.80. The molecular weight excluding hydrogens is 272 g/mol. The van der Waals surface area contributed by atoms with Crippen molar-refractivity contribution in [3.63, 3.8) is 0 Å². The quantitative estimate of drug-likeness (QED) is 0.831. The van der Waals surface area contributed by atoms with Gasteiger partial charge in [0.15, 0.2) is 0 Å². The van der Waals surface area contributed by atoms with Crippen LogP contribution in [-0.2, 0) is 0 Å². The van der Waals surface area contributed by atoms with E-state index in [1.54, 1.807) is 0 Å². The van der Waals surface area contributed by atoms with Crippen molar-refractivity contribution in [3.05, 3.63) is 0 Å². The van der Waals surface area contributed by atoms with Gasteiger partial charge in [0.1, 0.15) is 0 Å². The first-order chi connectivity index (χ1) is 9.66. The largest absolute Gasteiger partial charge is 0.368 e. The lowest BCUT2D eigenvalue weighted by atomic mass is 10.2. The summed E-state index contributed by atoms with van der Waals surface area (Å²) in [4.78, 5) is 15.0. The first kappa shape index (κ1) is 15.2. The summed E-state index contributed by atoms with van der Waals surface area (Å²) in [6, 6.07) is 0.443. The molecule has 3 N–H and O–H groups in total. The summed E-state index contributed by atoms with van der Waals surface area (Å²) in [7, 11) is 0. The SMILES string of the molecule is CCN(CC)c1nc(N)nc(NC2CCC(SC)C2)n1. The van der Waals surface area contributed by atoms with E-state index in [-0.39, 0.29) is 5.95 Å². The molecule has 20 heavy (non-hydrogen) atoms. The van der Waals surface area contributed by atoms with Gasteiger partial charge in [-0.3, -0.25) is 0 Å². The summed E-state index contributed by atoms with van der Waals surface area (Å²) in [5, 5.41) is 4.15. The van der Waals surface area contributed by atoms with Gasteiger partial charge in [-0.15, -0.1) is 0 Å². The Balaban J connectivity index is 2.08. The van der Waals surface area contributed by atoms with Gasteiger partial charge in [-0.1, -0.05) is 0 Å². The van der Waals surface area contributed by atoms with Crippen molar-refractivity contribution in [1.29, 1.82) is 0 Å². The van der Waals surface area contributed by atoms with Gasteiger partial charge in [0.25, 0.3) is 0 Å². The topological polar surface area (TPSA) is 80.0 Å². The van der Waals surface area contributed by atoms with Gasteiger partial charge in [-0.25, -0.2) is 0 Å². The Labute approximate surface area is 125 Å². The normalized spacial score (nSPS) is 21.9. The second kappa shape index (κ2) is 6.97. The number of rotatable bonds is 6. The standard InChI is InChI=1S/C13H24N6S/c1-4-19(5-2)13-17-11(14)16-12(18-13)15-9-6-7-10(8-9)20-3/h9-10H,4-8H2,1-3H3,(H3,14,15,16,17,18). The number of anilines is 3. The molecule has 0 aliphatic heterocycles. The van der Waals surface area contributed by atoms with Crippen molar-refractivity contribution >= 4 is 29.6 Å². The molecule has 1 aliphatic rings. The first-order valence-electron chi connectivity index (χ1n) is 7.22. The third-order valence-electron chi connectivity index (χ3n) is 3.74. The van der Waals surface area contributed by atoms with Crippen molar-refractivity contribution in [2.45, 2.75) is 44.4 Å². The van der Waals surface area contributed by atoms with Gasteiger partial charge in [0.05, 0.1) is 0 Å². The molecule has 0 spiro atoms. The fraction of sp³-hybridized carbons (Fsp3) is 0.769. The molecule has 2 atom stereocenters. The highest BCUT2D eigenvalue weighted by Crippen LogP contribution is 2.29. The van der Waals surface area contributed by atoms with Crippen LogP contribution in [-0.4, -0.2) is 45.6 Å². The van der Waals surface area contributed by atoms with Gasteiger partial charge < -0.3 is 16.0 Å². The van der Waals surface area contributed by atoms with E-state index in [9.17, 15) is 0 Å². The van der Waals surface area contributed by atoms with Crippen LogP contribution in [0.25, 0.3) is 0 Å². The second-order valence-electron chi connectivity index (χ2n) is 5.00. The summed E-state index contributed by atoms with van der Waals surface area (Å²) in [5.74, 6) is 1.54. The minimum atomic E-state index is 0.281. The van der Waals surface area contributed by atoms with Crippen LogP contribution in [0.3, 0.4) is 0 Å². The highest BCUT2D eigenvalue weighted by atomic mass is 32.2. The second-order valence-corrected chi connectivity index (χ2v) is 6.14. The Morgan fingerprint density at radius 1 is 1.25 bits per heavy atom. The van der Waals surface area contributed by atoms with E-state index < -0.39 is 0 Å². The minimum Gasteiger partial charge on any atom is -0.368 e. The fourth-order valence-electron chi connectivity index (χ4n) is 2.56. The molecule has 2 unspecified atom stereocenters. The maximum atomic E-state index is 5.80. The lowest BCUT2D eigenvalue weighted by Crippen LogP contribution is -2.26. The molecule has 7 heteroatoms. The van der Waals surface area contributed by atoms with Crippen molar-refractivity contribution in [2.24, 2.45) is 0 Å². The van der Waals surface area contributed by atoms with Gasteiger partial charge in [-0.05, 0) is 39.4 Å². The van der Waals surface area contributed by atoms with Gasteiger partial charge in [0.2, 0.25) is 17.8 Å². The molecule has 6 nitrogen and oxygen atoms in total. The Morgan fingerprint density at radius 3 is 2.60 bits per heavy atom. The minimum absolute atomic E-state index is 0.281. The van der Waals surface area contributed by atoms with Gasteiger partial charge in [-0.2, -0.15) is 26.7 Å². The van der Waals surface area contributed by atoms with E-state index >= 15 is 0 Å². The Bertz CT molecular complexity index is 437. The van der Waals surface area contributed by atoms with Crippen molar-refractivity contribution in [2.75, 3.05) is 35.3 Å². The number of nitrogens with one attached hydrogen (secondary N) is 1. The highest BCUT2D eigenvalue weighted by molar-refractivity contribution is 7.99. The van der Waals surface area contributed by atoms with Crippen LogP contribution >= 0.6 is 11.8 Å². The molecular formula is C13H24N6S. The van der Waals surface area contributed by atoms with E-state index in [4.69, 9.17) is 5.73 Å². The molecule has 2 rings (SSSR count). The van der Waals surface area contributed by atoms with E-state index in [1.165, 1.54) is 6.42 Å². The van der Waals surface area contributed by atoms with Crippen molar-refractivity contribution in [1.82, 2.24) is 15.0 Å². The molecule has 0 radical (unpaired) electrons. The fourth-order valence-corrected chi connectivity index (χ4v) is 3.36. The van der Waals surface area contributed by atoms with Crippen LogP contribution in [0.15, 0.2) is 0 Å². The Hall–Kier alpha value is -1.24. The third kappa shape index (κ3) is 3.65. The summed E-state index contributed by atoms with van der Waals surface area (Å²) >= 11 is 1.94. The monoisotopic (exact) mass is 296 g/mol. The lowest BCUT2D eigenvalue weighted by molar-refractivity contribution is 0.739. The zero-order chi connectivity index (χ0) is 14.5. The molecule has 0 saturated heterocycles. The number of nitrogens with two attached hydrogens (primary N) is 1. The van der Waals surface area contributed by atoms with Gasteiger partial charge in [0, 0.05) is 24.4 Å². The molecule has 112 valence electrons. The third-order valence-corrected chi connectivity index (χ3v) is 4.83. The van der Waals surface area contributed by atoms with Crippen LogP contribution in [0.4, 0.5) is 17.8 Å². The summed E-state index contributed by atoms with van der Waals surface area (Å²) in [6.45, 7) is 5.88. The van der Waals surface area contributed by atoms with E-state index in [0.717, 1.165) is 31.2 Å². The summed E-state index contributed by atoms with van der Waals surface area (Å²) in [6.07, 6.45) is 5.75. The predicted octanol–water partition coefficient (Wildman–Crippen LogP) is 2.00. The molecule has 0 aromatic carbocycles. The molecule has 1 aromatic rings. The van der Waals surface area contributed by atoms with Crippen LogP contribution in [0.1, 0.15) is 33.1 Å². The first-order valence-corrected chi connectivity index (χ1v) is 8.50. The Kier molecular flexibility index (Phi) is 5.28. The number of hydrogen-bond acceptors (Lipinski definition) is 7. The molecule has 1 aliphatic carbocycles. The average molecular weight is 296 g/mol. The molecule has 0 amide bonds. The van der Waals surface area contributed by atoms with E-state index in [2.05, 4.69) is 45.3 Å². The average Bonchev–Trinajstić information content (AvgIpc) is 2.87. The number of thioether (sulfide) groups is 1. The van der Waals surface area contributed by atoms with Crippen LogP contribution in [0.5, 0.6) is 0 Å². The molecule has 1 saturated carbocycles. The highest BCUT2D eigenvalue weighted by Gasteiger charge is 2.24. The van der Waals surface area contributed by atoms with E-state index in [0.29, 0.717) is 17.9 Å². The summed E-state index contributed by atoms with van der Waals surface area (Å²) in [5.41, 5.74) is 5.80. The van der Waals surface area contributed by atoms with Crippen LogP contribution in [0, 0.1) is 0 Å². The van der Waals surface area contributed by atoms with Crippen LogP contribution < -0.4 is 16.0 Å². The van der Waals surface area contributed by atoms with E-state index in [1.807, 2.05) is 11.8 Å². The number of nitrogens with zero attached hydrogens (tertiary/aromatic N) is 4. The zero-order valence-corrected chi connectivity index (χ0v) is 13.3. The van der Waals surface area contributed by atoms with Crippen molar-refractivity contribution < 1.29 is 0 Å².